The Bertz CT molecular complexity index is 513. The van der Waals surface area contributed by atoms with Crippen LogP contribution in [-0.4, -0.2) is 30.7 Å². The number of nitrogens with zero attached hydrogens (tertiary/aromatic N) is 2. The molecule has 1 aromatic heterocycles. The third-order valence-electron chi connectivity index (χ3n) is 3.00. The Morgan fingerprint density at radius 2 is 2.00 bits per heavy atom. The lowest BCUT2D eigenvalue weighted by Gasteiger charge is -2.18. The van der Waals surface area contributed by atoms with E-state index in [4.69, 9.17) is 9.47 Å². The van der Waals surface area contributed by atoms with Gasteiger partial charge in [-0.05, 0) is 24.2 Å². The van der Waals surface area contributed by atoms with Gasteiger partial charge in [-0.2, -0.15) is 0 Å². The number of ether oxygens (including phenoxy) is 2. The van der Waals surface area contributed by atoms with Crippen molar-refractivity contribution >= 4 is 0 Å². The molecule has 0 amide bonds. The van der Waals surface area contributed by atoms with Gasteiger partial charge in [-0.1, -0.05) is 19.1 Å². The minimum Gasteiger partial charge on any atom is -0.497 e. The van der Waals surface area contributed by atoms with Gasteiger partial charge < -0.3 is 14.8 Å². The number of nitrogens with one attached hydrogen (secondary N) is 1. The number of benzene rings is 1. The fourth-order valence-electron chi connectivity index (χ4n) is 2.04. The summed E-state index contributed by atoms with van der Waals surface area (Å²) in [4.78, 5) is 8.39. The third-order valence-corrected chi connectivity index (χ3v) is 3.00. The van der Waals surface area contributed by atoms with E-state index in [1.807, 2.05) is 30.3 Å². The van der Waals surface area contributed by atoms with Gasteiger partial charge in [0.25, 0.3) is 0 Å². The van der Waals surface area contributed by atoms with Crippen molar-refractivity contribution in [2.75, 3.05) is 20.8 Å². The van der Waals surface area contributed by atoms with Crippen LogP contribution >= 0.6 is 0 Å². The smallest absolute Gasteiger partial charge is 0.216 e. The highest BCUT2D eigenvalue weighted by atomic mass is 16.5. The van der Waals surface area contributed by atoms with Crippen LogP contribution < -0.4 is 14.8 Å². The molecule has 20 heavy (non-hydrogen) atoms. The quantitative estimate of drug-likeness (QED) is 0.874. The SMILES string of the molecule is CCNC(c1cccc(OC)c1)c1cc(OC)ncn1. The van der Waals surface area contributed by atoms with E-state index in [0.29, 0.717) is 5.88 Å². The summed E-state index contributed by atoms with van der Waals surface area (Å²) in [6, 6.07) is 9.76. The molecule has 0 saturated heterocycles. The second kappa shape index (κ2) is 6.86. The topological polar surface area (TPSA) is 56.3 Å². The van der Waals surface area contributed by atoms with E-state index in [1.165, 1.54) is 6.33 Å². The molecule has 1 aromatic carbocycles. The molecule has 2 aromatic rings. The molecular weight excluding hydrogens is 254 g/mol. The van der Waals surface area contributed by atoms with E-state index in [-0.39, 0.29) is 6.04 Å². The van der Waals surface area contributed by atoms with Crippen molar-refractivity contribution in [1.29, 1.82) is 0 Å². The van der Waals surface area contributed by atoms with Crippen LogP contribution in [0.2, 0.25) is 0 Å². The van der Waals surface area contributed by atoms with E-state index in [9.17, 15) is 0 Å². The Balaban J connectivity index is 2.38. The van der Waals surface area contributed by atoms with E-state index < -0.39 is 0 Å². The minimum absolute atomic E-state index is 0.0213. The Hall–Kier alpha value is -2.14. The molecule has 1 unspecified atom stereocenters. The molecule has 5 nitrogen and oxygen atoms in total. The van der Waals surface area contributed by atoms with Crippen LogP contribution in [-0.2, 0) is 0 Å². The molecule has 0 aliphatic carbocycles. The zero-order valence-electron chi connectivity index (χ0n) is 12.0. The standard InChI is InChI=1S/C15H19N3O2/c1-4-16-15(11-6-5-7-12(8-11)19-2)13-9-14(20-3)18-10-17-13/h5-10,15-16H,4H2,1-3H3. The second-order valence-electron chi connectivity index (χ2n) is 4.25. The normalized spacial score (nSPS) is 11.9. The highest BCUT2D eigenvalue weighted by Gasteiger charge is 2.16. The summed E-state index contributed by atoms with van der Waals surface area (Å²) in [6.45, 7) is 2.89. The molecule has 0 saturated carbocycles. The summed E-state index contributed by atoms with van der Waals surface area (Å²) in [5, 5.41) is 3.42. The average molecular weight is 273 g/mol. The Morgan fingerprint density at radius 1 is 1.15 bits per heavy atom. The third kappa shape index (κ3) is 3.24. The lowest BCUT2D eigenvalue weighted by atomic mass is 10.0. The van der Waals surface area contributed by atoms with Gasteiger partial charge in [0.2, 0.25) is 5.88 Å². The summed E-state index contributed by atoms with van der Waals surface area (Å²) in [5.74, 6) is 1.38. The Kier molecular flexibility index (Phi) is 4.90. The van der Waals surface area contributed by atoms with E-state index in [0.717, 1.165) is 23.6 Å². The zero-order valence-corrected chi connectivity index (χ0v) is 12.0. The predicted molar refractivity (Wildman–Crippen MR) is 77.1 cm³/mol. The van der Waals surface area contributed by atoms with Crippen LogP contribution in [0.25, 0.3) is 0 Å². The maximum atomic E-state index is 5.28. The molecule has 1 N–H and O–H groups in total. The molecule has 5 heteroatoms. The van der Waals surface area contributed by atoms with Crippen LogP contribution in [0.3, 0.4) is 0 Å². The monoisotopic (exact) mass is 273 g/mol. The first-order valence-electron chi connectivity index (χ1n) is 6.51. The van der Waals surface area contributed by atoms with Crippen LogP contribution in [0.4, 0.5) is 0 Å². The molecule has 2 rings (SSSR count). The number of aromatic nitrogens is 2. The van der Waals surface area contributed by atoms with Gasteiger partial charge in [0.1, 0.15) is 12.1 Å². The van der Waals surface area contributed by atoms with Crippen molar-refractivity contribution in [3.8, 4) is 11.6 Å². The second-order valence-corrected chi connectivity index (χ2v) is 4.25. The molecule has 0 spiro atoms. The molecule has 0 bridgehead atoms. The van der Waals surface area contributed by atoms with Crippen molar-refractivity contribution in [3.63, 3.8) is 0 Å². The molecule has 106 valence electrons. The van der Waals surface area contributed by atoms with Crippen LogP contribution in [0.1, 0.15) is 24.2 Å². The van der Waals surface area contributed by atoms with Gasteiger partial charge in [0.15, 0.2) is 0 Å². The maximum absolute atomic E-state index is 5.28. The molecule has 1 atom stereocenters. The van der Waals surface area contributed by atoms with Crippen LogP contribution in [0.15, 0.2) is 36.7 Å². The fourth-order valence-corrected chi connectivity index (χ4v) is 2.04. The number of rotatable bonds is 6. The molecule has 0 radical (unpaired) electrons. The lowest BCUT2D eigenvalue weighted by molar-refractivity contribution is 0.394. The van der Waals surface area contributed by atoms with Gasteiger partial charge in [0, 0.05) is 6.07 Å². The summed E-state index contributed by atoms with van der Waals surface area (Å²) in [7, 11) is 3.26. The first kappa shape index (κ1) is 14.3. The lowest BCUT2D eigenvalue weighted by Crippen LogP contribution is -2.23. The minimum atomic E-state index is -0.0213. The predicted octanol–water partition coefficient (Wildman–Crippen LogP) is 2.19. The van der Waals surface area contributed by atoms with E-state index >= 15 is 0 Å². The van der Waals surface area contributed by atoms with E-state index in [2.05, 4.69) is 22.2 Å². The summed E-state index contributed by atoms with van der Waals surface area (Å²) < 4.78 is 10.4. The highest BCUT2D eigenvalue weighted by Crippen LogP contribution is 2.25. The molecular formula is C15H19N3O2. The van der Waals surface area contributed by atoms with Crippen molar-refractivity contribution < 1.29 is 9.47 Å². The zero-order chi connectivity index (χ0) is 14.4. The number of methoxy groups -OCH3 is 2. The largest absolute Gasteiger partial charge is 0.497 e. The number of hydrogen-bond acceptors (Lipinski definition) is 5. The highest BCUT2D eigenvalue weighted by molar-refractivity contribution is 5.35. The van der Waals surface area contributed by atoms with Crippen molar-refractivity contribution in [3.05, 3.63) is 47.9 Å². The fraction of sp³-hybridized carbons (Fsp3) is 0.333. The van der Waals surface area contributed by atoms with Crippen molar-refractivity contribution in [2.45, 2.75) is 13.0 Å². The van der Waals surface area contributed by atoms with Crippen LogP contribution in [0, 0.1) is 0 Å². The Morgan fingerprint density at radius 3 is 2.70 bits per heavy atom. The molecule has 0 fully saturated rings. The number of hydrogen-bond donors (Lipinski definition) is 1. The van der Waals surface area contributed by atoms with E-state index in [1.54, 1.807) is 14.2 Å². The van der Waals surface area contributed by atoms with Crippen molar-refractivity contribution in [2.24, 2.45) is 0 Å². The van der Waals surface area contributed by atoms with Gasteiger partial charge in [-0.3, -0.25) is 0 Å². The summed E-state index contributed by atoms with van der Waals surface area (Å²) in [5.41, 5.74) is 1.96. The molecule has 0 aliphatic heterocycles. The molecule has 0 aliphatic rings. The summed E-state index contributed by atoms with van der Waals surface area (Å²) in [6.07, 6.45) is 1.51. The summed E-state index contributed by atoms with van der Waals surface area (Å²) >= 11 is 0. The van der Waals surface area contributed by atoms with Gasteiger partial charge in [-0.25, -0.2) is 9.97 Å². The van der Waals surface area contributed by atoms with Crippen molar-refractivity contribution in [1.82, 2.24) is 15.3 Å². The average Bonchev–Trinajstić information content (AvgIpc) is 2.52. The molecule has 1 heterocycles. The van der Waals surface area contributed by atoms with Crippen LogP contribution in [0.5, 0.6) is 11.6 Å². The first-order chi connectivity index (χ1) is 9.78. The van der Waals surface area contributed by atoms with Gasteiger partial charge in [0.05, 0.1) is 26.0 Å². The Labute approximate surface area is 119 Å². The van der Waals surface area contributed by atoms with Gasteiger partial charge in [-0.15, -0.1) is 0 Å². The van der Waals surface area contributed by atoms with Gasteiger partial charge >= 0.3 is 0 Å². The first-order valence-corrected chi connectivity index (χ1v) is 6.51. The maximum Gasteiger partial charge on any atom is 0.216 e.